The summed E-state index contributed by atoms with van der Waals surface area (Å²) in [5.74, 6) is 0. The van der Waals surface area contributed by atoms with Crippen molar-refractivity contribution in [1.82, 2.24) is 25.2 Å². The van der Waals surface area contributed by atoms with Crippen LogP contribution in [0.25, 0.3) is 16.5 Å². The number of hydrogen-bond donors (Lipinski definition) is 0. The number of fused-ring (bicyclic) bond motifs is 1. The summed E-state index contributed by atoms with van der Waals surface area (Å²) in [6, 6.07) is 14.3. The third-order valence-corrected chi connectivity index (χ3v) is 5.21. The molecule has 5 nitrogen and oxygen atoms in total. The van der Waals surface area contributed by atoms with Crippen LogP contribution < -0.4 is 0 Å². The summed E-state index contributed by atoms with van der Waals surface area (Å²) in [6.45, 7) is 1.98. The molecule has 0 N–H and O–H groups in total. The van der Waals surface area contributed by atoms with Crippen LogP contribution in [-0.2, 0) is 0 Å². The highest BCUT2D eigenvalue weighted by atomic mass is 32.2. The van der Waals surface area contributed by atoms with Crippen molar-refractivity contribution in [1.29, 1.82) is 0 Å². The van der Waals surface area contributed by atoms with E-state index in [0.29, 0.717) is 5.16 Å². The van der Waals surface area contributed by atoms with Crippen molar-refractivity contribution in [2.45, 2.75) is 16.4 Å². The zero-order valence-corrected chi connectivity index (χ0v) is 13.3. The minimum atomic E-state index is 0.714. The summed E-state index contributed by atoms with van der Waals surface area (Å²) in [5, 5.41) is 17.1. The lowest BCUT2D eigenvalue weighted by molar-refractivity contribution is 0.761. The molecule has 7 heteroatoms. The minimum Gasteiger partial charge on any atom is -0.235 e. The Bertz CT molecular complexity index is 938. The van der Waals surface area contributed by atoms with E-state index in [-0.39, 0.29) is 0 Å². The first-order chi connectivity index (χ1) is 10.8. The van der Waals surface area contributed by atoms with Gasteiger partial charge in [-0.05, 0) is 40.6 Å². The lowest BCUT2D eigenvalue weighted by Crippen LogP contribution is -1.99. The Morgan fingerprint density at radius 3 is 2.82 bits per heavy atom. The van der Waals surface area contributed by atoms with Crippen LogP contribution >= 0.6 is 23.1 Å². The Balaban J connectivity index is 1.81. The Morgan fingerprint density at radius 1 is 1.09 bits per heavy atom. The molecule has 0 fully saturated rings. The maximum absolute atomic E-state index is 4.46. The molecule has 0 saturated carbocycles. The molecule has 2 aromatic heterocycles. The van der Waals surface area contributed by atoms with Gasteiger partial charge in [-0.25, -0.2) is 4.98 Å². The van der Waals surface area contributed by atoms with Crippen LogP contribution in [0, 0.1) is 6.92 Å². The molecule has 0 aliphatic carbocycles. The van der Waals surface area contributed by atoms with E-state index in [2.05, 4.69) is 38.7 Å². The van der Waals surface area contributed by atoms with Crippen molar-refractivity contribution >= 4 is 33.9 Å². The number of aryl methyl sites for hydroxylation is 1. The Kier molecular flexibility index (Phi) is 3.36. The molecule has 2 aromatic carbocycles. The van der Waals surface area contributed by atoms with Crippen molar-refractivity contribution in [2.75, 3.05) is 0 Å². The molecule has 0 aliphatic rings. The zero-order chi connectivity index (χ0) is 14.9. The van der Waals surface area contributed by atoms with E-state index in [4.69, 9.17) is 0 Å². The van der Waals surface area contributed by atoms with Gasteiger partial charge in [-0.1, -0.05) is 36.4 Å². The van der Waals surface area contributed by atoms with Gasteiger partial charge in [-0.2, -0.15) is 4.68 Å². The number of thiazole rings is 1. The summed E-state index contributed by atoms with van der Waals surface area (Å²) in [6.07, 6.45) is 0. The van der Waals surface area contributed by atoms with Crippen LogP contribution in [-0.4, -0.2) is 25.2 Å². The van der Waals surface area contributed by atoms with Gasteiger partial charge in [0.2, 0.25) is 5.16 Å². The van der Waals surface area contributed by atoms with Gasteiger partial charge in [0, 0.05) is 16.5 Å². The van der Waals surface area contributed by atoms with Gasteiger partial charge in [0.15, 0.2) is 4.34 Å². The molecule has 0 spiro atoms. The maximum Gasteiger partial charge on any atom is 0.221 e. The fourth-order valence-corrected chi connectivity index (χ4v) is 3.97. The number of nitrogens with zero attached hydrogens (tertiary/aromatic N) is 5. The standard InChI is InChI=1S/C15H11N5S2/c1-10-9-21-15(16-10)22-14-17-18-19-20(14)13-8-4-6-11-5-2-3-7-12(11)13/h2-9H,1H3. The fraction of sp³-hybridized carbons (Fsp3) is 0.0667. The SMILES string of the molecule is Cc1csc(Sc2nnnn2-c2cccc3ccccc23)n1. The molecule has 0 atom stereocenters. The molecule has 108 valence electrons. The van der Waals surface area contributed by atoms with Gasteiger partial charge < -0.3 is 0 Å². The summed E-state index contributed by atoms with van der Waals surface area (Å²) < 4.78 is 2.71. The molecule has 2 heterocycles. The van der Waals surface area contributed by atoms with Crippen LogP contribution in [0.3, 0.4) is 0 Å². The van der Waals surface area contributed by atoms with E-state index in [1.165, 1.54) is 11.8 Å². The minimum absolute atomic E-state index is 0.714. The zero-order valence-electron chi connectivity index (χ0n) is 11.7. The second-order valence-electron chi connectivity index (χ2n) is 4.73. The molecule has 0 saturated heterocycles. The normalized spacial score (nSPS) is 11.1. The third kappa shape index (κ3) is 2.38. The first-order valence-electron chi connectivity index (χ1n) is 6.68. The average molecular weight is 325 g/mol. The number of aromatic nitrogens is 5. The first-order valence-corrected chi connectivity index (χ1v) is 8.37. The monoisotopic (exact) mass is 325 g/mol. The van der Waals surface area contributed by atoms with Gasteiger partial charge in [0.25, 0.3) is 0 Å². The van der Waals surface area contributed by atoms with Crippen molar-refractivity contribution < 1.29 is 0 Å². The second-order valence-corrected chi connectivity index (χ2v) is 6.80. The van der Waals surface area contributed by atoms with E-state index in [9.17, 15) is 0 Å². The lowest BCUT2D eigenvalue weighted by Gasteiger charge is -2.07. The smallest absolute Gasteiger partial charge is 0.221 e. The quantitative estimate of drug-likeness (QED) is 0.574. The topological polar surface area (TPSA) is 56.5 Å². The van der Waals surface area contributed by atoms with Gasteiger partial charge in [0.1, 0.15) is 0 Å². The summed E-state index contributed by atoms with van der Waals surface area (Å²) >= 11 is 3.08. The van der Waals surface area contributed by atoms with Crippen LogP contribution in [0.2, 0.25) is 0 Å². The fourth-order valence-electron chi connectivity index (χ4n) is 2.24. The van der Waals surface area contributed by atoms with Crippen molar-refractivity contribution in [3.63, 3.8) is 0 Å². The Morgan fingerprint density at radius 2 is 1.95 bits per heavy atom. The highest BCUT2D eigenvalue weighted by Gasteiger charge is 2.14. The van der Waals surface area contributed by atoms with E-state index in [0.717, 1.165) is 26.5 Å². The van der Waals surface area contributed by atoms with E-state index in [1.807, 2.05) is 36.6 Å². The van der Waals surface area contributed by atoms with E-state index >= 15 is 0 Å². The molecule has 0 amide bonds. The number of hydrogen-bond acceptors (Lipinski definition) is 6. The predicted molar refractivity (Wildman–Crippen MR) is 87.6 cm³/mol. The third-order valence-electron chi connectivity index (χ3n) is 3.21. The largest absolute Gasteiger partial charge is 0.235 e. The molecule has 0 bridgehead atoms. The number of benzene rings is 2. The number of rotatable bonds is 3. The van der Waals surface area contributed by atoms with E-state index in [1.54, 1.807) is 16.0 Å². The van der Waals surface area contributed by atoms with Crippen LogP contribution in [0.4, 0.5) is 0 Å². The van der Waals surface area contributed by atoms with Crippen molar-refractivity contribution in [3.05, 3.63) is 53.5 Å². The molecule has 4 rings (SSSR count). The molecule has 0 unspecified atom stereocenters. The van der Waals surface area contributed by atoms with Crippen LogP contribution in [0.15, 0.2) is 57.3 Å². The Hall–Kier alpha value is -2.25. The predicted octanol–water partition coefficient (Wildman–Crippen LogP) is 3.73. The molecule has 4 aromatic rings. The average Bonchev–Trinajstić information content (AvgIpc) is 3.16. The summed E-state index contributed by atoms with van der Waals surface area (Å²) in [5.41, 5.74) is 1.98. The Labute approximate surface area is 135 Å². The van der Waals surface area contributed by atoms with Crippen molar-refractivity contribution in [2.24, 2.45) is 0 Å². The van der Waals surface area contributed by atoms with Gasteiger partial charge in [-0.3, -0.25) is 0 Å². The maximum atomic E-state index is 4.46. The summed E-state index contributed by atoms with van der Waals surface area (Å²) in [4.78, 5) is 4.46. The highest BCUT2D eigenvalue weighted by molar-refractivity contribution is 8.00. The highest BCUT2D eigenvalue weighted by Crippen LogP contribution is 2.31. The molecule has 0 radical (unpaired) electrons. The van der Waals surface area contributed by atoms with Gasteiger partial charge >= 0.3 is 0 Å². The molecular weight excluding hydrogens is 314 g/mol. The van der Waals surface area contributed by atoms with Crippen LogP contribution in [0.1, 0.15) is 5.69 Å². The molecule has 0 aliphatic heterocycles. The number of tetrazole rings is 1. The first kappa shape index (κ1) is 13.4. The van der Waals surface area contributed by atoms with E-state index < -0.39 is 0 Å². The molecule has 22 heavy (non-hydrogen) atoms. The summed E-state index contributed by atoms with van der Waals surface area (Å²) in [7, 11) is 0. The van der Waals surface area contributed by atoms with Crippen LogP contribution in [0.5, 0.6) is 0 Å². The second kappa shape index (κ2) is 5.51. The van der Waals surface area contributed by atoms with Gasteiger partial charge in [-0.15, -0.1) is 16.4 Å². The lowest BCUT2D eigenvalue weighted by atomic mass is 10.1. The molecular formula is C15H11N5S2. The van der Waals surface area contributed by atoms with Crippen molar-refractivity contribution in [3.8, 4) is 5.69 Å². The van der Waals surface area contributed by atoms with Gasteiger partial charge in [0.05, 0.1) is 5.69 Å².